The summed E-state index contributed by atoms with van der Waals surface area (Å²) in [5.74, 6) is 1.18. The van der Waals surface area contributed by atoms with Crippen molar-refractivity contribution in [3.8, 4) is 11.5 Å². The van der Waals surface area contributed by atoms with Crippen LogP contribution >= 0.6 is 15.9 Å². The number of ether oxygens (including phenoxy) is 2. The minimum absolute atomic E-state index is 0.166. The molecule has 0 amide bonds. The Kier molecular flexibility index (Phi) is 3.87. The van der Waals surface area contributed by atoms with Crippen LogP contribution < -0.4 is 15.2 Å². The molecule has 3 rings (SSSR count). The molecule has 2 unspecified atom stereocenters. The number of hydrogen-bond acceptors (Lipinski definition) is 3. The highest BCUT2D eigenvalue weighted by molar-refractivity contribution is 9.10. The van der Waals surface area contributed by atoms with Crippen molar-refractivity contribution in [3.05, 3.63) is 57.8 Å². The van der Waals surface area contributed by atoms with E-state index in [0.29, 0.717) is 10.9 Å². The molecule has 2 N–H and O–H groups in total. The molecule has 0 aromatic heterocycles. The Balaban J connectivity index is 1.92. The van der Waals surface area contributed by atoms with Gasteiger partial charge in [0.1, 0.15) is 23.4 Å². The van der Waals surface area contributed by atoms with Crippen LogP contribution in [0.5, 0.6) is 11.5 Å². The molecule has 21 heavy (non-hydrogen) atoms. The van der Waals surface area contributed by atoms with Crippen LogP contribution in [0.4, 0.5) is 4.39 Å². The van der Waals surface area contributed by atoms with Gasteiger partial charge in [0.05, 0.1) is 11.6 Å². The molecular formula is C16H15BrFNO2. The molecule has 0 fully saturated rings. The van der Waals surface area contributed by atoms with Crippen LogP contribution in [-0.2, 0) is 0 Å². The number of nitrogens with two attached hydrogens (primary N) is 1. The van der Waals surface area contributed by atoms with Crippen LogP contribution in [0.3, 0.4) is 0 Å². The molecule has 0 spiro atoms. The van der Waals surface area contributed by atoms with E-state index < -0.39 is 0 Å². The summed E-state index contributed by atoms with van der Waals surface area (Å²) in [5, 5.41) is 0. The summed E-state index contributed by atoms with van der Waals surface area (Å²) in [5.41, 5.74) is 7.93. The second kappa shape index (κ2) is 5.66. The monoisotopic (exact) mass is 351 g/mol. The minimum Gasteiger partial charge on any atom is -0.497 e. The Bertz CT molecular complexity index is 677. The van der Waals surface area contributed by atoms with Crippen LogP contribution in [-0.4, -0.2) is 7.11 Å². The summed E-state index contributed by atoms with van der Waals surface area (Å²) >= 11 is 3.15. The Morgan fingerprint density at radius 3 is 2.81 bits per heavy atom. The maximum Gasteiger partial charge on any atom is 0.137 e. The van der Waals surface area contributed by atoms with Gasteiger partial charge in [-0.15, -0.1) is 0 Å². The highest BCUT2D eigenvalue weighted by Crippen LogP contribution is 2.41. The lowest BCUT2D eigenvalue weighted by Crippen LogP contribution is -2.24. The second-order valence-corrected chi connectivity index (χ2v) is 5.88. The van der Waals surface area contributed by atoms with Gasteiger partial charge in [-0.2, -0.15) is 0 Å². The van der Waals surface area contributed by atoms with Gasteiger partial charge in [0.15, 0.2) is 0 Å². The fourth-order valence-corrected chi connectivity index (χ4v) is 2.77. The van der Waals surface area contributed by atoms with Crippen LogP contribution in [0.1, 0.15) is 29.7 Å². The predicted molar refractivity (Wildman–Crippen MR) is 82.0 cm³/mol. The summed E-state index contributed by atoms with van der Waals surface area (Å²) in [7, 11) is 1.62. The first-order chi connectivity index (χ1) is 10.1. The zero-order chi connectivity index (χ0) is 15.0. The van der Waals surface area contributed by atoms with Crippen molar-refractivity contribution in [2.75, 3.05) is 7.11 Å². The Hall–Kier alpha value is -1.59. The number of rotatable bonds is 2. The van der Waals surface area contributed by atoms with Crippen molar-refractivity contribution in [1.29, 1.82) is 0 Å². The van der Waals surface area contributed by atoms with Crippen molar-refractivity contribution >= 4 is 15.9 Å². The number of hydrogen-bond donors (Lipinski definition) is 1. The molecule has 3 nitrogen and oxygen atoms in total. The highest BCUT2D eigenvalue weighted by atomic mass is 79.9. The predicted octanol–water partition coefficient (Wildman–Crippen LogP) is 4.12. The van der Waals surface area contributed by atoms with Gasteiger partial charge in [0.2, 0.25) is 0 Å². The van der Waals surface area contributed by atoms with Crippen molar-refractivity contribution in [3.63, 3.8) is 0 Å². The maximum atomic E-state index is 13.7. The van der Waals surface area contributed by atoms with Crippen molar-refractivity contribution in [1.82, 2.24) is 0 Å². The van der Waals surface area contributed by atoms with Crippen molar-refractivity contribution < 1.29 is 13.9 Å². The first kappa shape index (κ1) is 14.4. The molecule has 1 aliphatic rings. The molecule has 2 aromatic carbocycles. The first-order valence-electron chi connectivity index (χ1n) is 6.63. The fraction of sp³-hybridized carbons (Fsp3) is 0.250. The van der Waals surface area contributed by atoms with E-state index in [1.165, 1.54) is 6.07 Å². The largest absolute Gasteiger partial charge is 0.497 e. The third-order valence-electron chi connectivity index (χ3n) is 3.67. The molecule has 0 bridgehead atoms. The summed E-state index contributed by atoms with van der Waals surface area (Å²) < 4.78 is 25.3. The average molecular weight is 352 g/mol. The molecule has 0 aliphatic carbocycles. The van der Waals surface area contributed by atoms with E-state index in [2.05, 4.69) is 15.9 Å². The van der Waals surface area contributed by atoms with E-state index >= 15 is 0 Å². The van der Waals surface area contributed by atoms with E-state index in [4.69, 9.17) is 15.2 Å². The molecule has 0 radical (unpaired) electrons. The molecule has 1 heterocycles. The van der Waals surface area contributed by atoms with E-state index in [0.717, 1.165) is 22.6 Å². The number of fused-ring (bicyclic) bond motifs is 1. The van der Waals surface area contributed by atoms with E-state index in [9.17, 15) is 4.39 Å². The standard InChI is InChI=1S/C16H15BrFNO2/c1-20-10-3-5-15-11(7-10)14(19)8-16(21-15)9-2-4-12(17)13(18)6-9/h2-7,14,16H,8,19H2,1H3. The fourth-order valence-electron chi connectivity index (χ4n) is 2.53. The zero-order valence-electron chi connectivity index (χ0n) is 11.5. The summed E-state index contributed by atoms with van der Waals surface area (Å²) in [4.78, 5) is 0. The lowest BCUT2D eigenvalue weighted by atomic mass is 9.93. The molecule has 1 aliphatic heterocycles. The smallest absolute Gasteiger partial charge is 0.137 e. The molecule has 0 saturated heterocycles. The van der Waals surface area contributed by atoms with Crippen molar-refractivity contribution in [2.24, 2.45) is 5.73 Å². The van der Waals surface area contributed by atoms with Gasteiger partial charge >= 0.3 is 0 Å². The molecule has 110 valence electrons. The van der Waals surface area contributed by atoms with E-state index in [1.54, 1.807) is 13.2 Å². The van der Waals surface area contributed by atoms with Crippen molar-refractivity contribution in [2.45, 2.75) is 18.6 Å². The Morgan fingerprint density at radius 2 is 2.10 bits per heavy atom. The SMILES string of the molecule is COc1ccc2c(c1)C(N)CC(c1ccc(Br)c(F)c1)O2. The molecule has 2 atom stereocenters. The van der Waals surface area contributed by atoms with Gasteiger partial charge in [-0.05, 0) is 51.8 Å². The lowest BCUT2D eigenvalue weighted by Gasteiger charge is -2.31. The van der Waals surface area contributed by atoms with Gasteiger partial charge in [0, 0.05) is 18.0 Å². The topological polar surface area (TPSA) is 44.5 Å². The number of halogens is 2. The van der Waals surface area contributed by atoms with Gasteiger partial charge in [-0.25, -0.2) is 4.39 Å². The van der Waals surface area contributed by atoms with Crippen LogP contribution in [0, 0.1) is 5.82 Å². The van der Waals surface area contributed by atoms with Gasteiger partial charge < -0.3 is 15.2 Å². The molecule has 5 heteroatoms. The number of methoxy groups -OCH3 is 1. The second-order valence-electron chi connectivity index (χ2n) is 5.03. The van der Waals surface area contributed by atoms with E-state index in [-0.39, 0.29) is 18.0 Å². The minimum atomic E-state index is -0.301. The lowest BCUT2D eigenvalue weighted by molar-refractivity contribution is 0.161. The summed E-state index contributed by atoms with van der Waals surface area (Å²) in [6, 6.07) is 10.4. The molecule has 2 aromatic rings. The Labute approximate surface area is 131 Å². The van der Waals surface area contributed by atoms with Crippen LogP contribution in [0.25, 0.3) is 0 Å². The number of benzene rings is 2. The average Bonchev–Trinajstić information content (AvgIpc) is 2.49. The van der Waals surface area contributed by atoms with Gasteiger partial charge in [0.25, 0.3) is 0 Å². The summed E-state index contributed by atoms with van der Waals surface area (Å²) in [6.45, 7) is 0. The van der Waals surface area contributed by atoms with Gasteiger partial charge in [-0.3, -0.25) is 0 Å². The third kappa shape index (κ3) is 2.76. The third-order valence-corrected chi connectivity index (χ3v) is 4.31. The van der Waals surface area contributed by atoms with Crippen LogP contribution in [0.2, 0.25) is 0 Å². The quantitative estimate of drug-likeness (QED) is 0.884. The normalized spacial score (nSPS) is 20.6. The summed E-state index contributed by atoms with van der Waals surface area (Å²) in [6.07, 6.45) is 0.352. The maximum absolute atomic E-state index is 13.7. The van der Waals surface area contributed by atoms with E-state index in [1.807, 2.05) is 24.3 Å². The highest BCUT2D eigenvalue weighted by Gasteiger charge is 2.27. The molecular weight excluding hydrogens is 337 g/mol. The zero-order valence-corrected chi connectivity index (χ0v) is 13.1. The Morgan fingerprint density at radius 1 is 1.29 bits per heavy atom. The molecule has 0 saturated carbocycles. The first-order valence-corrected chi connectivity index (χ1v) is 7.43. The van der Waals surface area contributed by atoms with Gasteiger partial charge in [-0.1, -0.05) is 6.07 Å². The van der Waals surface area contributed by atoms with Crippen LogP contribution in [0.15, 0.2) is 40.9 Å².